The van der Waals surface area contributed by atoms with Gasteiger partial charge in [0.15, 0.2) is 0 Å². The summed E-state index contributed by atoms with van der Waals surface area (Å²) in [7, 11) is 0. The quantitative estimate of drug-likeness (QED) is 0.635. The Morgan fingerprint density at radius 1 is 0.913 bits per heavy atom. The van der Waals surface area contributed by atoms with Crippen LogP contribution in [0.2, 0.25) is 0 Å². The molecular formula is C18H17N3OS. The summed E-state index contributed by atoms with van der Waals surface area (Å²) in [6.45, 7) is 2.64. The van der Waals surface area contributed by atoms with Crippen LogP contribution >= 0.6 is 11.8 Å². The van der Waals surface area contributed by atoms with Gasteiger partial charge in [0.25, 0.3) is 0 Å². The van der Waals surface area contributed by atoms with Crippen LogP contribution < -0.4 is 4.74 Å². The van der Waals surface area contributed by atoms with Gasteiger partial charge in [0.1, 0.15) is 10.8 Å². The minimum atomic E-state index is 0.669. The molecular weight excluding hydrogens is 306 g/mol. The average Bonchev–Trinajstić information content (AvgIpc) is 2.62. The molecule has 3 aromatic rings. The van der Waals surface area contributed by atoms with Gasteiger partial charge in [-0.15, -0.1) is 10.2 Å². The van der Waals surface area contributed by atoms with Crippen LogP contribution in [0.3, 0.4) is 0 Å². The Labute approximate surface area is 140 Å². The average molecular weight is 323 g/mol. The molecule has 0 atom stereocenters. The van der Waals surface area contributed by atoms with Crippen molar-refractivity contribution < 1.29 is 4.74 Å². The molecule has 0 aliphatic carbocycles. The number of thioether (sulfide) groups is 1. The lowest BCUT2D eigenvalue weighted by molar-refractivity contribution is 0.340. The van der Waals surface area contributed by atoms with Crippen LogP contribution in [0, 0.1) is 0 Å². The molecule has 0 radical (unpaired) electrons. The van der Waals surface area contributed by atoms with E-state index in [2.05, 4.69) is 15.2 Å². The van der Waals surface area contributed by atoms with E-state index in [1.807, 2.05) is 55.5 Å². The van der Waals surface area contributed by atoms with Gasteiger partial charge in [0.05, 0.1) is 12.3 Å². The zero-order valence-corrected chi connectivity index (χ0v) is 13.7. The third-order valence-electron chi connectivity index (χ3n) is 3.24. The molecule has 0 aliphatic rings. The van der Waals surface area contributed by atoms with E-state index in [4.69, 9.17) is 4.74 Å². The van der Waals surface area contributed by atoms with Crippen LogP contribution in [0.25, 0.3) is 11.3 Å². The molecule has 0 fully saturated rings. The van der Waals surface area contributed by atoms with E-state index in [9.17, 15) is 0 Å². The zero-order chi connectivity index (χ0) is 15.9. The monoisotopic (exact) mass is 323 g/mol. The van der Waals surface area contributed by atoms with Crippen molar-refractivity contribution in [2.24, 2.45) is 0 Å². The summed E-state index contributed by atoms with van der Waals surface area (Å²) in [5.74, 6) is 1.73. The fraction of sp³-hybridized carbons (Fsp3) is 0.167. The predicted octanol–water partition coefficient (Wildman–Crippen LogP) is 4.23. The maximum Gasteiger partial charge on any atom is 0.119 e. The van der Waals surface area contributed by atoms with Gasteiger partial charge in [-0.3, -0.25) is 4.98 Å². The molecule has 0 aliphatic heterocycles. The summed E-state index contributed by atoms with van der Waals surface area (Å²) < 4.78 is 5.45. The van der Waals surface area contributed by atoms with E-state index >= 15 is 0 Å². The topological polar surface area (TPSA) is 47.9 Å². The van der Waals surface area contributed by atoms with Crippen molar-refractivity contribution in [1.82, 2.24) is 15.2 Å². The maximum atomic E-state index is 5.45. The lowest BCUT2D eigenvalue weighted by Crippen LogP contribution is -1.92. The third-order valence-corrected chi connectivity index (χ3v) is 4.23. The molecule has 5 heteroatoms. The molecule has 0 unspecified atom stereocenters. The zero-order valence-electron chi connectivity index (χ0n) is 12.8. The van der Waals surface area contributed by atoms with Crippen LogP contribution in [0.5, 0.6) is 5.75 Å². The van der Waals surface area contributed by atoms with Crippen LogP contribution in [0.15, 0.2) is 66.0 Å². The highest BCUT2D eigenvalue weighted by atomic mass is 32.2. The Kier molecular flexibility index (Phi) is 5.21. The van der Waals surface area contributed by atoms with Crippen molar-refractivity contribution in [2.75, 3.05) is 6.61 Å². The Morgan fingerprint density at radius 2 is 1.70 bits per heavy atom. The Hall–Kier alpha value is -2.40. The first-order valence-corrected chi connectivity index (χ1v) is 8.42. The molecule has 0 bridgehead atoms. The number of hydrogen-bond acceptors (Lipinski definition) is 5. The molecule has 2 heterocycles. The SMILES string of the molecule is CCOc1ccc(-c2ccc(SCc3ccncc3)nn2)cc1. The van der Waals surface area contributed by atoms with Crippen molar-refractivity contribution in [1.29, 1.82) is 0 Å². The van der Waals surface area contributed by atoms with E-state index in [1.165, 1.54) is 5.56 Å². The number of rotatable bonds is 6. The number of benzene rings is 1. The number of aromatic nitrogens is 3. The maximum absolute atomic E-state index is 5.45. The molecule has 4 nitrogen and oxygen atoms in total. The van der Waals surface area contributed by atoms with Gasteiger partial charge < -0.3 is 4.74 Å². The van der Waals surface area contributed by atoms with E-state index in [0.29, 0.717) is 6.61 Å². The minimum Gasteiger partial charge on any atom is -0.494 e. The summed E-state index contributed by atoms with van der Waals surface area (Å²) in [5, 5.41) is 9.52. The van der Waals surface area contributed by atoms with Gasteiger partial charge in [-0.05, 0) is 61.0 Å². The lowest BCUT2D eigenvalue weighted by Gasteiger charge is -2.05. The number of pyridine rings is 1. The second kappa shape index (κ2) is 7.74. The van der Waals surface area contributed by atoms with Gasteiger partial charge in [-0.2, -0.15) is 0 Å². The largest absolute Gasteiger partial charge is 0.494 e. The van der Waals surface area contributed by atoms with Crippen molar-refractivity contribution in [3.63, 3.8) is 0 Å². The van der Waals surface area contributed by atoms with Crippen LogP contribution in [0.4, 0.5) is 0 Å². The fourth-order valence-electron chi connectivity index (χ4n) is 2.08. The molecule has 1 aromatic carbocycles. The van der Waals surface area contributed by atoms with E-state index in [-0.39, 0.29) is 0 Å². The van der Waals surface area contributed by atoms with Crippen LogP contribution in [-0.4, -0.2) is 21.8 Å². The number of nitrogens with zero attached hydrogens (tertiary/aromatic N) is 3. The fourth-order valence-corrected chi connectivity index (χ4v) is 2.85. The van der Waals surface area contributed by atoms with Crippen LogP contribution in [0.1, 0.15) is 12.5 Å². The van der Waals surface area contributed by atoms with Crippen molar-refractivity contribution in [3.05, 3.63) is 66.5 Å². The summed E-state index contributed by atoms with van der Waals surface area (Å²) in [6.07, 6.45) is 3.60. The van der Waals surface area contributed by atoms with E-state index < -0.39 is 0 Å². The van der Waals surface area contributed by atoms with Crippen molar-refractivity contribution in [2.45, 2.75) is 17.7 Å². The summed E-state index contributed by atoms with van der Waals surface area (Å²) in [5.41, 5.74) is 3.12. The highest BCUT2D eigenvalue weighted by Gasteiger charge is 2.03. The summed E-state index contributed by atoms with van der Waals surface area (Å²) in [6, 6.07) is 15.9. The molecule has 0 amide bonds. The van der Waals surface area contributed by atoms with Gasteiger partial charge in [-0.1, -0.05) is 11.8 Å². The van der Waals surface area contributed by atoms with Crippen LogP contribution in [-0.2, 0) is 5.75 Å². The Morgan fingerprint density at radius 3 is 2.35 bits per heavy atom. The standard InChI is InChI=1S/C18H17N3OS/c1-2-22-16-5-3-15(4-6-16)17-7-8-18(21-20-17)23-13-14-9-11-19-12-10-14/h3-12H,2,13H2,1H3. The first-order valence-electron chi connectivity index (χ1n) is 7.44. The molecule has 0 spiro atoms. The highest BCUT2D eigenvalue weighted by molar-refractivity contribution is 7.98. The lowest BCUT2D eigenvalue weighted by atomic mass is 10.1. The first-order chi connectivity index (χ1) is 11.3. The highest BCUT2D eigenvalue weighted by Crippen LogP contribution is 2.24. The van der Waals surface area contributed by atoms with Crippen molar-refractivity contribution in [3.8, 4) is 17.0 Å². The van der Waals surface area contributed by atoms with Gasteiger partial charge in [-0.25, -0.2) is 0 Å². The molecule has 0 saturated heterocycles. The second-order valence-corrected chi connectivity index (χ2v) is 5.85. The molecule has 0 saturated carbocycles. The van der Waals surface area contributed by atoms with Gasteiger partial charge >= 0.3 is 0 Å². The normalized spacial score (nSPS) is 10.5. The summed E-state index contributed by atoms with van der Waals surface area (Å²) >= 11 is 1.67. The Bertz CT molecular complexity index is 730. The smallest absolute Gasteiger partial charge is 0.119 e. The van der Waals surface area contributed by atoms with Crippen molar-refractivity contribution >= 4 is 11.8 Å². The van der Waals surface area contributed by atoms with E-state index in [1.54, 1.807) is 24.2 Å². The third kappa shape index (κ3) is 4.29. The molecule has 23 heavy (non-hydrogen) atoms. The molecule has 116 valence electrons. The van der Waals surface area contributed by atoms with Gasteiger partial charge in [0.2, 0.25) is 0 Å². The molecule has 0 N–H and O–H groups in total. The van der Waals surface area contributed by atoms with E-state index in [0.717, 1.165) is 27.8 Å². The number of hydrogen-bond donors (Lipinski definition) is 0. The number of ether oxygens (including phenoxy) is 1. The first kappa shape index (κ1) is 15.5. The summed E-state index contributed by atoms with van der Waals surface area (Å²) in [4.78, 5) is 4.02. The molecule has 3 rings (SSSR count). The van der Waals surface area contributed by atoms with Gasteiger partial charge in [0, 0.05) is 23.7 Å². The predicted molar refractivity (Wildman–Crippen MR) is 92.4 cm³/mol. The molecule has 2 aromatic heterocycles. The Balaban J connectivity index is 1.64. The second-order valence-electron chi connectivity index (χ2n) is 4.86. The minimum absolute atomic E-state index is 0.669.